The van der Waals surface area contributed by atoms with E-state index in [0.717, 1.165) is 48.0 Å². The van der Waals surface area contributed by atoms with Gasteiger partial charge in [-0.3, -0.25) is 15.0 Å². The van der Waals surface area contributed by atoms with Crippen molar-refractivity contribution < 1.29 is 4.92 Å². The van der Waals surface area contributed by atoms with E-state index in [9.17, 15) is 10.1 Å². The fourth-order valence-corrected chi connectivity index (χ4v) is 5.37. The average Bonchev–Trinajstić information content (AvgIpc) is 2.60. The second-order valence-corrected chi connectivity index (χ2v) is 8.66. The Morgan fingerprint density at radius 2 is 2.04 bits per heavy atom. The summed E-state index contributed by atoms with van der Waals surface area (Å²) in [6.07, 6.45) is 2.85. The van der Waals surface area contributed by atoms with Crippen molar-refractivity contribution in [1.29, 1.82) is 0 Å². The molecule has 3 atom stereocenters. The predicted octanol–water partition coefficient (Wildman–Crippen LogP) is 5.47. The number of fused-ring (bicyclic) bond motifs is 2. The zero-order valence-corrected chi connectivity index (χ0v) is 16.6. The molecule has 0 amide bonds. The summed E-state index contributed by atoms with van der Waals surface area (Å²) < 4.78 is 1.08. The van der Waals surface area contributed by atoms with Gasteiger partial charge < -0.3 is 0 Å². The minimum atomic E-state index is -0.267. The third-order valence-electron chi connectivity index (χ3n) is 5.62. The van der Waals surface area contributed by atoms with Crippen molar-refractivity contribution in [2.24, 2.45) is 5.92 Å². The number of nitro groups is 1. The molecule has 0 aromatic heterocycles. The van der Waals surface area contributed by atoms with E-state index in [1.807, 2.05) is 12.1 Å². The number of rotatable bonds is 3. The van der Waals surface area contributed by atoms with Gasteiger partial charge in [0.15, 0.2) is 0 Å². The molecule has 2 heterocycles. The largest absolute Gasteiger partial charge is 0.294 e. The Bertz CT molecular complexity index is 844. The van der Waals surface area contributed by atoms with Crippen LogP contribution >= 0.6 is 27.5 Å². The fourth-order valence-electron chi connectivity index (χ4n) is 4.44. The van der Waals surface area contributed by atoms with Gasteiger partial charge in [0.1, 0.15) is 0 Å². The summed E-state index contributed by atoms with van der Waals surface area (Å²) in [5.41, 5.74) is 3.26. The molecule has 1 saturated heterocycles. The van der Waals surface area contributed by atoms with Crippen molar-refractivity contribution in [3.8, 4) is 0 Å². The minimum absolute atomic E-state index is 0.202. The summed E-state index contributed by atoms with van der Waals surface area (Å²) in [5, 5.41) is 11.2. The molecule has 2 bridgehead atoms. The number of alkyl halides is 1. The molecule has 3 aliphatic rings. The monoisotopic (exact) mass is 434 g/mol. The van der Waals surface area contributed by atoms with Crippen LogP contribution in [0.25, 0.3) is 0 Å². The van der Waals surface area contributed by atoms with Crippen LogP contribution < -0.4 is 0 Å². The maximum Gasteiger partial charge on any atom is 0.272 e. The molecule has 0 saturated carbocycles. The van der Waals surface area contributed by atoms with Crippen molar-refractivity contribution in [3.05, 3.63) is 73.7 Å². The van der Waals surface area contributed by atoms with Crippen molar-refractivity contribution in [3.63, 3.8) is 0 Å². The Morgan fingerprint density at radius 1 is 1.23 bits per heavy atom. The molecule has 0 N–H and O–H groups in total. The summed E-state index contributed by atoms with van der Waals surface area (Å²) in [5.74, 6) is 0.433. The topological polar surface area (TPSA) is 46.4 Å². The number of nitro benzene ring substituents is 1. The fraction of sp³-hybridized carbons (Fsp3) is 0.400. The summed E-state index contributed by atoms with van der Waals surface area (Å²) in [4.78, 5) is 13.7. The summed E-state index contributed by atoms with van der Waals surface area (Å²) in [6.45, 7) is 1.79. The van der Waals surface area contributed by atoms with Crippen LogP contribution in [-0.4, -0.2) is 22.4 Å². The van der Waals surface area contributed by atoms with Crippen molar-refractivity contribution in [1.82, 2.24) is 4.90 Å². The highest BCUT2D eigenvalue weighted by molar-refractivity contribution is 9.10. The smallest absolute Gasteiger partial charge is 0.272 e. The van der Waals surface area contributed by atoms with Crippen LogP contribution in [0.4, 0.5) is 5.69 Å². The van der Waals surface area contributed by atoms with Crippen LogP contribution in [0.5, 0.6) is 0 Å². The van der Waals surface area contributed by atoms with E-state index >= 15 is 0 Å². The first-order chi connectivity index (χ1) is 12.5. The van der Waals surface area contributed by atoms with Crippen molar-refractivity contribution in [2.75, 3.05) is 6.54 Å². The Morgan fingerprint density at radius 3 is 2.81 bits per heavy atom. The van der Waals surface area contributed by atoms with Crippen LogP contribution in [0.1, 0.15) is 34.9 Å². The van der Waals surface area contributed by atoms with E-state index in [-0.39, 0.29) is 22.0 Å². The molecule has 1 aliphatic carbocycles. The standard InChI is InChI=1S/C20H20BrClN2O2/c21-15-4-1-3-13(9-15)11-23-12-14-7-8-19(23)20(22)16-5-2-6-18(24(25)26)17(16)10-14/h1-6,9,14,19-20H,7-8,10-12H2. The highest BCUT2D eigenvalue weighted by Gasteiger charge is 2.39. The van der Waals surface area contributed by atoms with E-state index in [2.05, 4.69) is 39.0 Å². The van der Waals surface area contributed by atoms with Gasteiger partial charge in [0, 0.05) is 35.2 Å². The second-order valence-electron chi connectivity index (χ2n) is 7.28. The molecule has 1 fully saturated rings. The molecule has 2 aromatic rings. The van der Waals surface area contributed by atoms with Crippen LogP contribution in [0.3, 0.4) is 0 Å². The zero-order chi connectivity index (χ0) is 18.3. The van der Waals surface area contributed by atoms with Gasteiger partial charge in [-0.1, -0.05) is 40.2 Å². The number of nitrogens with zero attached hydrogens (tertiary/aromatic N) is 2. The minimum Gasteiger partial charge on any atom is -0.294 e. The number of benzene rings is 2. The predicted molar refractivity (Wildman–Crippen MR) is 106 cm³/mol. The molecule has 136 valence electrons. The lowest BCUT2D eigenvalue weighted by atomic mass is 9.79. The van der Waals surface area contributed by atoms with Gasteiger partial charge in [0.25, 0.3) is 5.69 Å². The molecule has 2 aliphatic heterocycles. The van der Waals surface area contributed by atoms with E-state index < -0.39 is 0 Å². The first-order valence-corrected chi connectivity index (χ1v) is 10.1. The summed E-state index contributed by atoms with van der Waals surface area (Å²) in [7, 11) is 0. The molecule has 0 spiro atoms. The average molecular weight is 436 g/mol. The Kier molecular flexibility index (Phi) is 5.04. The molecular formula is C20H20BrClN2O2. The first kappa shape index (κ1) is 18.0. The first-order valence-electron chi connectivity index (χ1n) is 8.91. The van der Waals surface area contributed by atoms with Gasteiger partial charge >= 0.3 is 0 Å². The molecule has 4 nitrogen and oxygen atoms in total. The van der Waals surface area contributed by atoms with Gasteiger partial charge in [-0.15, -0.1) is 11.6 Å². The lowest BCUT2D eigenvalue weighted by Crippen LogP contribution is -2.47. The van der Waals surface area contributed by atoms with Crippen LogP contribution in [-0.2, 0) is 13.0 Å². The molecule has 6 heteroatoms. The van der Waals surface area contributed by atoms with E-state index in [0.29, 0.717) is 5.92 Å². The van der Waals surface area contributed by atoms with E-state index in [1.54, 1.807) is 12.1 Å². The highest BCUT2D eigenvalue weighted by Crippen LogP contribution is 2.43. The molecule has 26 heavy (non-hydrogen) atoms. The summed E-state index contributed by atoms with van der Waals surface area (Å²) >= 11 is 10.5. The van der Waals surface area contributed by atoms with Crippen molar-refractivity contribution in [2.45, 2.75) is 37.2 Å². The van der Waals surface area contributed by atoms with Gasteiger partial charge in [-0.2, -0.15) is 0 Å². The molecule has 2 aromatic carbocycles. The Hall–Kier alpha value is -1.43. The number of halogens is 2. The van der Waals surface area contributed by atoms with Crippen LogP contribution in [0.2, 0.25) is 0 Å². The third-order valence-corrected chi connectivity index (χ3v) is 6.64. The van der Waals surface area contributed by atoms with E-state index in [1.165, 1.54) is 5.56 Å². The van der Waals surface area contributed by atoms with Gasteiger partial charge in [0.2, 0.25) is 0 Å². The van der Waals surface area contributed by atoms with Gasteiger partial charge in [-0.25, -0.2) is 0 Å². The number of hydrogen-bond donors (Lipinski definition) is 0. The second kappa shape index (κ2) is 7.29. The van der Waals surface area contributed by atoms with E-state index in [4.69, 9.17) is 11.6 Å². The van der Waals surface area contributed by atoms with Crippen molar-refractivity contribution >= 4 is 33.2 Å². The zero-order valence-electron chi connectivity index (χ0n) is 14.3. The number of piperidine rings is 1. The van der Waals surface area contributed by atoms with Gasteiger partial charge in [-0.05, 0) is 48.4 Å². The van der Waals surface area contributed by atoms with Crippen LogP contribution in [0.15, 0.2) is 46.9 Å². The lowest BCUT2D eigenvalue weighted by Gasteiger charge is -2.44. The molecule has 3 unspecified atom stereocenters. The highest BCUT2D eigenvalue weighted by atomic mass is 79.9. The maximum atomic E-state index is 11.5. The lowest BCUT2D eigenvalue weighted by molar-refractivity contribution is -0.385. The Balaban J connectivity index is 1.68. The third kappa shape index (κ3) is 3.40. The Labute approximate surface area is 166 Å². The maximum absolute atomic E-state index is 11.5. The summed E-state index contributed by atoms with van der Waals surface area (Å²) in [6, 6.07) is 13.9. The molecular weight excluding hydrogens is 416 g/mol. The van der Waals surface area contributed by atoms with Gasteiger partial charge in [0.05, 0.1) is 10.3 Å². The van der Waals surface area contributed by atoms with Crippen LogP contribution in [0, 0.1) is 16.0 Å². The molecule has 0 radical (unpaired) electrons. The number of hydrogen-bond acceptors (Lipinski definition) is 3. The normalized spacial score (nSPS) is 25.4. The quantitative estimate of drug-likeness (QED) is 0.365. The SMILES string of the molecule is O=[N+]([O-])c1cccc2c1CC1CCC(C2Cl)N(Cc2cccc(Br)c2)C1. The molecule has 5 rings (SSSR count).